The summed E-state index contributed by atoms with van der Waals surface area (Å²) in [5, 5.41) is 0. The lowest BCUT2D eigenvalue weighted by Gasteiger charge is -2.27. The second-order valence-corrected chi connectivity index (χ2v) is 5.75. The third kappa shape index (κ3) is 7.35. The first-order valence-corrected chi connectivity index (χ1v) is 8.45. The van der Waals surface area contributed by atoms with Crippen molar-refractivity contribution in [2.24, 2.45) is 0 Å². The van der Waals surface area contributed by atoms with Gasteiger partial charge in [0.05, 0.1) is 26.4 Å². The van der Waals surface area contributed by atoms with Gasteiger partial charge in [0, 0.05) is 20.3 Å². The number of hydrogen-bond donors (Lipinski definition) is 0. The zero-order chi connectivity index (χ0) is 15.5. The summed E-state index contributed by atoms with van der Waals surface area (Å²) < 4.78 is 33.4. The van der Waals surface area contributed by atoms with Gasteiger partial charge >= 0.3 is 0 Å². The fourth-order valence-electron chi connectivity index (χ4n) is 2.64. The summed E-state index contributed by atoms with van der Waals surface area (Å²) >= 11 is 0. The molecular formula is C16H30O6. The van der Waals surface area contributed by atoms with E-state index in [4.69, 9.17) is 28.4 Å². The Labute approximate surface area is 133 Å². The van der Waals surface area contributed by atoms with Crippen molar-refractivity contribution >= 4 is 0 Å². The highest BCUT2D eigenvalue weighted by Crippen LogP contribution is 2.16. The summed E-state index contributed by atoms with van der Waals surface area (Å²) in [6.07, 6.45) is 6.23. The fraction of sp³-hybridized carbons (Fsp3) is 1.00. The normalized spacial score (nSPS) is 27.7. The molecular weight excluding hydrogens is 288 g/mol. The van der Waals surface area contributed by atoms with Crippen LogP contribution in [0.25, 0.3) is 0 Å². The molecule has 0 aromatic carbocycles. The highest BCUT2D eigenvalue weighted by molar-refractivity contribution is 4.61. The number of methoxy groups -OCH3 is 1. The minimum atomic E-state index is -0.121. The van der Waals surface area contributed by atoms with Crippen molar-refractivity contribution < 1.29 is 28.4 Å². The largest absolute Gasteiger partial charge is 0.382 e. The van der Waals surface area contributed by atoms with Crippen LogP contribution in [0.5, 0.6) is 0 Å². The van der Waals surface area contributed by atoms with Crippen LogP contribution in [0.3, 0.4) is 0 Å². The van der Waals surface area contributed by atoms with Crippen molar-refractivity contribution in [3.63, 3.8) is 0 Å². The molecule has 2 fully saturated rings. The van der Waals surface area contributed by atoms with Gasteiger partial charge in [-0.15, -0.1) is 0 Å². The first-order chi connectivity index (χ1) is 10.9. The van der Waals surface area contributed by atoms with Crippen molar-refractivity contribution in [2.75, 3.05) is 46.8 Å². The van der Waals surface area contributed by atoms with Crippen LogP contribution < -0.4 is 0 Å². The first-order valence-electron chi connectivity index (χ1n) is 8.45. The zero-order valence-electron chi connectivity index (χ0n) is 13.7. The van der Waals surface area contributed by atoms with Crippen LogP contribution in [-0.4, -0.2) is 65.4 Å². The summed E-state index contributed by atoms with van der Waals surface area (Å²) in [6.45, 7) is 3.66. The molecule has 2 saturated heterocycles. The van der Waals surface area contributed by atoms with Gasteiger partial charge < -0.3 is 28.4 Å². The highest BCUT2D eigenvalue weighted by Gasteiger charge is 2.20. The Morgan fingerprint density at radius 2 is 1.64 bits per heavy atom. The molecule has 0 aliphatic carbocycles. The molecule has 0 saturated carbocycles. The van der Waals surface area contributed by atoms with E-state index in [0.717, 1.165) is 45.3 Å². The smallest absolute Gasteiger partial charge is 0.158 e. The summed E-state index contributed by atoms with van der Waals surface area (Å²) in [7, 11) is 1.67. The Bertz CT molecular complexity index is 263. The van der Waals surface area contributed by atoms with E-state index in [1.165, 1.54) is 6.42 Å². The Morgan fingerprint density at radius 3 is 2.27 bits per heavy atom. The van der Waals surface area contributed by atoms with Gasteiger partial charge in [-0.1, -0.05) is 0 Å². The van der Waals surface area contributed by atoms with Crippen LogP contribution in [0.4, 0.5) is 0 Å². The molecule has 6 heteroatoms. The Morgan fingerprint density at radius 1 is 0.909 bits per heavy atom. The molecule has 3 atom stereocenters. The van der Waals surface area contributed by atoms with Crippen molar-refractivity contribution in [3.8, 4) is 0 Å². The Kier molecular flexibility index (Phi) is 9.31. The van der Waals surface area contributed by atoms with E-state index in [1.54, 1.807) is 7.11 Å². The van der Waals surface area contributed by atoms with Gasteiger partial charge in [0.15, 0.2) is 12.6 Å². The maximum atomic E-state index is 5.89. The Hall–Kier alpha value is -0.240. The predicted molar refractivity (Wildman–Crippen MR) is 80.7 cm³/mol. The van der Waals surface area contributed by atoms with Crippen molar-refractivity contribution in [3.05, 3.63) is 0 Å². The van der Waals surface area contributed by atoms with E-state index < -0.39 is 0 Å². The first kappa shape index (κ1) is 18.1. The average Bonchev–Trinajstić information content (AvgIpc) is 2.56. The van der Waals surface area contributed by atoms with E-state index >= 15 is 0 Å². The van der Waals surface area contributed by atoms with Gasteiger partial charge in [-0.2, -0.15) is 0 Å². The van der Waals surface area contributed by atoms with E-state index in [-0.39, 0.29) is 18.7 Å². The molecule has 0 amide bonds. The topological polar surface area (TPSA) is 55.4 Å². The molecule has 22 heavy (non-hydrogen) atoms. The minimum absolute atomic E-state index is 0.0565. The van der Waals surface area contributed by atoms with Gasteiger partial charge in [-0.05, 0) is 38.5 Å². The van der Waals surface area contributed by atoms with Gasteiger partial charge in [0.25, 0.3) is 0 Å². The minimum Gasteiger partial charge on any atom is -0.382 e. The zero-order valence-corrected chi connectivity index (χ0v) is 13.7. The van der Waals surface area contributed by atoms with Crippen molar-refractivity contribution in [2.45, 2.75) is 57.2 Å². The van der Waals surface area contributed by atoms with E-state index in [0.29, 0.717) is 26.4 Å². The summed E-state index contributed by atoms with van der Waals surface area (Å²) in [4.78, 5) is 0. The molecule has 2 heterocycles. The Balaban J connectivity index is 1.53. The fourth-order valence-corrected chi connectivity index (χ4v) is 2.64. The lowest BCUT2D eigenvalue weighted by molar-refractivity contribution is -0.209. The van der Waals surface area contributed by atoms with Gasteiger partial charge in [-0.3, -0.25) is 0 Å². The molecule has 130 valence electrons. The van der Waals surface area contributed by atoms with Gasteiger partial charge in [-0.25, -0.2) is 0 Å². The molecule has 2 aliphatic heterocycles. The van der Waals surface area contributed by atoms with Crippen LogP contribution in [0, 0.1) is 0 Å². The molecule has 2 aliphatic rings. The summed E-state index contributed by atoms with van der Waals surface area (Å²) in [6, 6.07) is 0. The second-order valence-electron chi connectivity index (χ2n) is 5.75. The monoisotopic (exact) mass is 318 g/mol. The maximum Gasteiger partial charge on any atom is 0.158 e. The average molecular weight is 318 g/mol. The third-order valence-electron chi connectivity index (χ3n) is 3.81. The lowest BCUT2D eigenvalue weighted by Crippen LogP contribution is -2.34. The van der Waals surface area contributed by atoms with Crippen LogP contribution in [0.2, 0.25) is 0 Å². The second kappa shape index (κ2) is 11.3. The highest BCUT2D eigenvalue weighted by atomic mass is 16.7. The molecule has 0 N–H and O–H groups in total. The van der Waals surface area contributed by atoms with Crippen LogP contribution >= 0.6 is 0 Å². The molecule has 2 rings (SSSR count). The van der Waals surface area contributed by atoms with E-state index in [9.17, 15) is 0 Å². The number of rotatable bonds is 10. The third-order valence-corrected chi connectivity index (χ3v) is 3.81. The molecule has 0 aromatic heterocycles. The lowest BCUT2D eigenvalue weighted by atomic mass is 10.2. The van der Waals surface area contributed by atoms with Gasteiger partial charge in [0.2, 0.25) is 0 Å². The SMILES string of the molecule is COCC(COCCOC1CCCCO1)OC1CCCCO1. The summed E-state index contributed by atoms with van der Waals surface area (Å²) in [5.41, 5.74) is 0. The van der Waals surface area contributed by atoms with Crippen molar-refractivity contribution in [1.82, 2.24) is 0 Å². The molecule has 0 aromatic rings. The summed E-state index contributed by atoms with van der Waals surface area (Å²) in [5.74, 6) is 0. The van der Waals surface area contributed by atoms with Crippen LogP contribution in [0.1, 0.15) is 38.5 Å². The van der Waals surface area contributed by atoms with E-state index in [2.05, 4.69) is 0 Å². The number of ether oxygens (including phenoxy) is 6. The molecule has 6 nitrogen and oxygen atoms in total. The molecule has 0 bridgehead atoms. The quantitative estimate of drug-likeness (QED) is 0.575. The predicted octanol–water partition coefficient (Wildman–Crippen LogP) is 2.10. The maximum absolute atomic E-state index is 5.89. The van der Waals surface area contributed by atoms with Crippen molar-refractivity contribution in [1.29, 1.82) is 0 Å². The van der Waals surface area contributed by atoms with Gasteiger partial charge in [0.1, 0.15) is 6.10 Å². The van der Waals surface area contributed by atoms with Crippen LogP contribution in [-0.2, 0) is 28.4 Å². The molecule has 0 spiro atoms. The molecule has 3 unspecified atom stereocenters. The number of hydrogen-bond acceptors (Lipinski definition) is 6. The standard InChI is InChI=1S/C16H30O6/c1-17-12-14(22-16-7-3-5-9-20-16)13-18-10-11-21-15-6-2-4-8-19-15/h14-16H,2-13H2,1H3. The van der Waals surface area contributed by atoms with E-state index in [1.807, 2.05) is 0 Å². The molecule has 0 radical (unpaired) electrons. The van der Waals surface area contributed by atoms with Crippen LogP contribution in [0.15, 0.2) is 0 Å².